The predicted octanol–water partition coefficient (Wildman–Crippen LogP) is 3.34. The number of aromatic amines is 1. The van der Waals surface area contributed by atoms with Crippen molar-refractivity contribution in [3.8, 4) is 0 Å². The summed E-state index contributed by atoms with van der Waals surface area (Å²) in [6.07, 6.45) is 0. The SMILES string of the molecule is CNC(=S)N(Cc1ccccc1)Cc1cc2ccc(C)cc2[nH]c1=O. The lowest BCUT2D eigenvalue weighted by Crippen LogP contribution is -2.38. The Morgan fingerprint density at radius 3 is 2.60 bits per heavy atom. The molecule has 3 rings (SSSR count). The largest absolute Gasteiger partial charge is 0.366 e. The normalized spacial score (nSPS) is 10.6. The van der Waals surface area contributed by atoms with Gasteiger partial charge in [0, 0.05) is 24.7 Å². The number of nitrogens with one attached hydrogen (secondary N) is 2. The molecule has 0 aliphatic carbocycles. The number of rotatable bonds is 4. The number of thiocarbonyl (C=S) groups is 1. The van der Waals surface area contributed by atoms with Crippen LogP contribution in [0.3, 0.4) is 0 Å². The number of benzene rings is 2. The summed E-state index contributed by atoms with van der Waals surface area (Å²) in [4.78, 5) is 17.5. The van der Waals surface area contributed by atoms with E-state index in [1.54, 1.807) is 7.05 Å². The molecule has 3 aromatic rings. The Morgan fingerprint density at radius 2 is 1.88 bits per heavy atom. The lowest BCUT2D eigenvalue weighted by Gasteiger charge is -2.25. The first-order valence-corrected chi connectivity index (χ1v) is 8.61. The van der Waals surface area contributed by atoms with E-state index in [2.05, 4.69) is 22.4 Å². The van der Waals surface area contributed by atoms with Gasteiger partial charge < -0.3 is 15.2 Å². The molecule has 2 aromatic carbocycles. The van der Waals surface area contributed by atoms with Crippen LogP contribution in [0.5, 0.6) is 0 Å². The van der Waals surface area contributed by atoms with E-state index in [-0.39, 0.29) is 5.56 Å². The van der Waals surface area contributed by atoms with Crippen molar-refractivity contribution in [1.29, 1.82) is 0 Å². The van der Waals surface area contributed by atoms with E-state index in [0.29, 0.717) is 23.8 Å². The molecule has 0 fully saturated rings. The molecule has 1 heterocycles. The van der Waals surface area contributed by atoms with Crippen molar-refractivity contribution < 1.29 is 0 Å². The average molecular weight is 351 g/mol. The summed E-state index contributed by atoms with van der Waals surface area (Å²) in [6.45, 7) is 3.11. The van der Waals surface area contributed by atoms with E-state index < -0.39 is 0 Å². The molecule has 25 heavy (non-hydrogen) atoms. The van der Waals surface area contributed by atoms with E-state index in [4.69, 9.17) is 12.2 Å². The second-order valence-electron chi connectivity index (χ2n) is 6.11. The average Bonchev–Trinajstić information content (AvgIpc) is 2.62. The number of nitrogens with zero attached hydrogens (tertiary/aromatic N) is 1. The smallest absolute Gasteiger partial charge is 0.253 e. The van der Waals surface area contributed by atoms with Crippen molar-refractivity contribution in [2.24, 2.45) is 0 Å². The fourth-order valence-corrected chi connectivity index (χ4v) is 2.97. The maximum atomic E-state index is 12.5. The number of aromatic nitrogens is 1. The quantitative estimate of drug-likeness (QED) is 0.708. The molecule has 0 aliphatic rings. The predicted molar refractivity (Wildman–Crippen MR) is 107 cm³/mol. The monoisotopic (exact) mass is 351 g/mol. The van der Waals surface area contributed by atoms with Gasteiger partial charge in [0.25, 0.3) is 5.56 Å². The van der Waals surface area contributed by atoms with Crippen molar-refractivity contribution in [2.45, 2.75) is 20.0 Å². The number of fused-ring (bicyclic) bond motifs is 1. The van der Waals surface area contributed by atoms with Gasteiger partial charge in [-0.1, -0.05) is 42.5 Å². The molecule has 5 heteroatoms. The molecule has 0 bridgehead atoms. The number of hydrogen-bond donors (Lipinski definition) is 2. The van der Waals surface area contributed by atoms with Gasteiger partial charge in [-0.2, -0.15) is 0 Å². The van der Waals surface area contributed by atoms with E-state index >= 15 is 0 Å². The highest BCUT2D eigenvalue weighted by molar-refractivity contribution is 7.80. The zero-order chi connectivity index (χ0) is 17.8. The summed E-state index contributed by atoms with van der Waals surface area (Å²) in [7, 11) is 1.80. The molecule has 1 aromatic heterocycles. The van der Waals surface area contributed by atoms with Crippen LogP contribution in [0.1, 0.15) is 16.7 Å². The minimum atomic E-state index is -0.0740. The fraction of sp³-hybridized carbons (Fsp3) is 0.200. The Balaban J connectivity index is 1.92. The number of pyridine rings is 1. The molecule has 0 amide bonds. The molecule has 0 atom stereocenters. The standard InChI is InChI=1S/C20H21N3OS/c1-14-8-9-16-11-17(19(24)22-18(16)10-14)13-23(20(25)21-2)12-15-6-4-3-5-7-15/h3-11H,12-13H2,1-2H3,(H,21,25)(H,22,24). The Morgan fingerprint density at radius 1 is 1.12 bits per heavy atom. The minimum absolute atomic E-state index is 0.0740. The van der Waals surface area contributed by atoms with Gasteiger partial charge in [0.15, 0.2) is 5.11 Å². The van der Waals surface area contributed by atoms with Gasteiger partial charge in [0.05, 0.1) is 6.54 Å². The summed E-state index contributed by atoms with van der Waals surface area (Å²) >= 11 is 5.43. The lowest BCUT2D eigenvalue weighted by molar-refractivity contribution is 0.401. The van der Waals surface area contributed by atoms with Gasteiger partial charge in [-0.15, -0.1) is 0 Å². The van der Waals surface area contributed by atoms with E-state index in [0.717, 1.165) is 22.0 Å². The highest BCUT2D eigenvalue weighted by Crippen LogP contribution is 2.15. The molecule has 0 spiro atoms. The molecule has 4 nitrogen and oxygen atoms in total. The van der Waals surface area contributed by atoms with Crippen molar-refractivity contribution in [3.63, 3.8) is 0 Å². The first kappa shape index (κ1) is 17.2. The second kappa shape index (κ2) is 7.49. The Hall–Kier alpha value is -2.66. The summed E-state index contributed by atoms with van der Waals surface area (Å²) in [6, 6.07) is 18.1. The topological polar surface area (TPSA) is 48.1 Å². The summed E-state index contributed by atoms with van der Waals surface area (Å²) in [5.41, 5.74) is 3.76. The summed E-state index contributed by atoms with van der Waals surface area (Å²) in [5, 5.41) is 4.66. The van der Waals surface area contributed by atoms with Crippen LogP contribution in [0.25, 0.3) is 10.9 Å². The van der Waals surface area contributed by atoms with Gasteiger partial charge in [-0.3, -0.25) is 4.79 Å². The van der Waals surface area contributed by atoms with Crippen LogP contribution >= 0.6 is 12.2 Å². The van der Waals surface area contributed by atoms with E-state index in [9.17, 15) is 4.79 Å². The molecule has 2 N–H and O–H groups in total. The molecule has 128 valence electrons. The first-order chi connectivity index (χ1) is 12.1. The van der Waals surface area contributed by atoms with Gasteiger partial charge in [0.2, 0.25) is 0 Å². The van der Waals surface area contributed by atoms with E-state index in [1.165, 1.54) is 0 Å². The zero-order valence-corrected chi connectivity index (χ0v) is 15.2. The fourth-order valence-electron chi connectivity index (χ4n) is 2.84. The van der Waals surface area contributed by atoms with Gasteiger partial charge >= 0.3 is 0 Å². The summed E-state index contributed by atoms with van der Waals surface area (Å²) in [5.74, 6) is 0. The van der Waals surface area contributed by atoms with Crippen LogP contribution in [-0.2, 0) is 13.1 Å². The number of hydrogen-bond acceptors (Lipinski definition) is 2. The Labute approximate surface area is 152 Å². The van der Waals surface area contributed by atoms with Crippen LogP contribution in [0.4, 0.5) is 0 Å². The second-order valence-corrected chi connectivity index (χ2v) is 6.50. The van der Waals surface area contributed by atoms with Crippen LogP contribution in [0.2, 0.25) is 0 Å². The summed E-state index contributed by atoms with van der Waals surface area (Å²) < 4.78 is 0. The van der Waals surface area contributed by atoms with Crippen molar-refractivity contribution in [1.82, 2.24) is 15.2 Å². The van der Waals surface area contributed by atoms with Gasteiger partial charge in [-0.05, 0) is 47.8 Å². The zero-order valence-electron chi connectivity index (χ0n) is 14.4. The van der Waals surface area contributed by atoms with Crippen molar-refractivity contribution in [3.05, 3.63) is 81.6 Å². The minimum Gasteiger partial charge on any atom is -0.366 e. The molecular weight excluding hydrogens is 330 g/mol. The third-order valence-electron chi connectivity index (χ3n) is 4.16. The van der Waals surface area contributed by atoms with E-state index in [1.807, 2.05) is 54.3 Å². The highest BCUT2D eigenvalue weighted by atomic mass is 32.1. The number of H-pyrrole nitrogens is 1. The third-order valence-corrected chi connectivity index (χ3v) is 4.62. The van der Waals surface area contributed by atoms with Crippen LogP contribution < -0.4 is 10.9 Å². The maximum absolute atomic E-state index is 12.5. The maximum Gasteiger partial charge on any atom is 0.253 e. The highest BCUT2D eigenvalue weighted by Gasteiger charge is 2.13. The van der Waals surface area contributed by atoms with Crippen LogP contribution in [0, 0.1) is 6.92 Å². The molecule has 0 radical (unpaired) electrons. The molecule has 0 saturated heterocycles. The van der Waals surface area contributed by atoms with Gasteiger partial charge in [-0.25, -0.2) is 0 Å². The van der Waals surface area contributed by atoms with Crippen molar-refractivity contribution >= 4 is 28.2 Å². The first-order valence-electron chi connectivity index (χ1n) is 8.20. The third kappa shape index (κ3) is 4.06. The molecular formula is C20H21N3OS. The Kier molecular flexibility index (Phi) is 5.14. The lowest BCUT2D eigenvalue weighted by atomic mass is 10.1. The van der Waals surface area contributed by atoms with Gasteiger partial charge in [0.1, 0.15) is 0 Å². The molecule has 0 aliphatic heterocycles. The molecule has 0 unspecified atom stereocenters. The van der Waals surface area contributed by atoms with Crippen molar-refractivity contribution in [2.75, 3.05) is 7.05 Å². The number of aryl methyl sites for hydroxylation is 1. The molecule has 0 saturated carbocycles. The Bertz CT molecular complexity index is 950. The van der Waals surface area contributed by atoms with Crippen LogP contribution in [-0.4, -0.2) is 22.0 Å². The van der Waals surface area contributed by atoms with Crippen LogP contribution in [0.15, 0.2) is 59.4 Å².